The number of benzene rings is 2. The van der Waals surface area contributed by atoms with E-state index in [1.807, 2.05) is 69.4 Å². The molecule has 0 saturated heterocycles. The van der Waals surface area contributed by atoms with E-state index in [0.29, 0.717) is 5.75 Å². The molecule has 0 fully saturated rings. The summed E-state index contributed by atoms with van der Waals surface area (Å²) < 4.78 is 14.4. The van der Waals surface area contributed by atoms with Crippen LogP contribution in [0.3, 0.4) is 0 Å². The molecule has 2 aromatic rings. The third kappa shape index (κ3) is 7.15. The average molecular weight is 657 g/mol. The molecule has 0 bridgehead atoms. The molecular formula is C35H45IO4. The van der Waals surface area contributed by atoms with Crippen molar-refractivity contribution in [3.63, 3.8) is 0 Å². The molecule has 0 saturated carbocycles. The van der Waals surface area contributed by atoms with Crippen molar-refractivity contribution in [3.8, 4) is 22.6 Å². The fourth-order valence-electron chi connectivity index (χ4n) is 4.63. The zero-order valence-corrected chi connectivity index (χ0v) is 27.7. The monoisotopic (exact) mass is 656 g/mol. The molecule has 5 heteroatoms. The molecule has 1 atom stereocenters. The van der Waals surface area contributed by atoms with Gasteiger partial charge in [-0.1, -0.05) is 6.92 Å². The molecule has 0 aromatic heterocycles. The summed E-state index contributed by atoms with van der Waals surface area (Å²) in [5.74, 6) is 1.82. The third-order valence-corrected chi connectivity index (χ3v) is 11.6. The van der Waals surface area contributed by atoms with Gasteiger partial charge in [0.25, 0.3) is 0 Å². The van der Waals surface area contributed by atoms with Crippen LogP contribution in [0.15, 0.2) is 70.4 Å². The first-order valence-corrected chi connectivity index (χ1v) is 17.4. The summed E-state index contributed by atoms with van der Waals surface area (Å²) in [5, 5.41) is 0. The van der Waals surface area contributed by atoms with Gasteiger partial charge in [-0.05, 0) is 0 Å². The predicted octanol–water partition coefficient (Wildman–Crippen LogP) is 9.94. The standard InChI is InChI=1S/C35H45IO4/c1-10-33(6,7)39-30-17-15-27(22-25(30)4)28-16-18-31(26(5)23-28)40-36(24-37)29-14-13-20-35(9,21-19-29)32(38)34(8,11-2)12-3/h13-24H,10-12H2,1-9H3. The van der Waals surface area contributed by atoms with E-state index in [9.17, 15) is 9.59 Å². The molecule has 0 aliphatic heterocycles. The quantitative estimate of drug-likeness (QED) is 0.130. The Hall–Kier alpha value is -2.67. The first-order chi connectivity index (χ1) is 18.8. The van der Waals surface area contributed by atoms with Gasteiger partial charge in [0, 0.05) is 0 Å². The van der Waals surface area contributed by atoms with E-state index in [2.05, 4.69) is 59.7 Å². The summed E-state index contributed by atoms with van der Waals surface area (Å²) in [6, 6.07) is 12.4. The van der Waals surface area contributed by atoms with Crippen LogP contribution in [0.1, 0.15) is 78.9 Å². The number of carbonyl (C=O) groups excluding carboxylic acids is 2. The van der Waals surface area contributed by atoms with E-state index < -0.39 is 25.6 Å². The van der Waals surface area contributed by atoms with Gasteiger partial charge in [0.2, 0.25) is 0 Å². The molecule has 1 aliphatic carbocycles. The SMILES string of the molecule is CCC(C)(C)Oc1ccc(-c2ccc(OI(C=O)C3=CC=CC(C)(C(=O)C(C)(CC)CC)C=C3)c(C)c2)cc1C. The maximum absolute atomic E-state index is 13.5. The number of aryl methyl sites for hydroxylation is 2. The minimum absolute atomic E-state index is 0.204. The van der Waals surface area contributed by atoms with Crippen LogP contribution in [0, 0.1) is 24.7 Å². The molecule has 0 spiro atoms. The fourth-order valence-corrected chi connectivity index (χ4v) is 7.39. The van der Waals surface area contributed by atoms with Gasteiger partial charge < -0.3 is 0 Å². The summed E-state index contributed by atoms with van der Waals surface area (Å²) in [5.41, 5.74) is 2.95. The Morgan fingerprint density at radius 2 is 1.48 bits per heavy atom. The van der Waals surface area contributed by atoms with Gasteiger partial charge >= 0.3 is 243 Å². The Morgan fingerprint density at radius 3 is 1.98 bits per heavy atom. The van der Waals surface area contributed by atoms with Crippen LogP contribution in [0.25, 0.3) is 11.1 Å². The first-order valence-electron chi connectivity index (χ1n) is 14.2. The van der Waals surface area contributed by atoms with Crippen LogP contribution >= 0.6 is 20.2 Å². The van der Waals surface area contributed by atoms with E-state index >= 15 is 0 Å². The van der Waals surface area contributed by atoms with Crippen molar-refractivity contribution in [2.75, 3.05) is 0 Å². The zero-order valence-electron chi connectivity index (χ0n) is 25.6. The van der Waals surface area contributed by atoms with E-state index in [-0.39, 0.29) is 16.8 Å². The van der Waals surface area contributed by atoms with Crippen LogP contribution in [0.2, 0.25) is 0 Å². The number of Topliss-reactive ketones (excluding diaryl/α,β-unsaturated/α-hetero) is 1. The number of rotatable bonds is 12. The molecule has 216 valence electrons. The summed E-state index contributed by atoms with van der Waals surface area (Å²) in [6.07, 6.45) is 12.2. The van der Waals surface area contributed by atoms with Gasteiger partial charge in [-0.2, -0.15) is 0 Å². The van der Waals surface area contributed by atoms with Crippen molar-refractivity contribution in [3.05, 3.63) is 81.5 Å². The number of carbonyl (C=O) groups is 2. The topological polar surface area (TPSA) is 52.6 Å². The van der Waals surface area contributed by atoms with Gasteiger partial charge in [-0.15, -0.1) is 0 Å². The van der Waals surface area contributed by atoms with Crippen LogP contribution in [-0.4, -0.2) is 15.7 Å². The zero-order chi connectivity index (χ0) is 29.7. The molecule has 1 unspecified atom stereocenters. The minimum atomic E-state index is -2.65. The van der Waals surface area contributed by atoms with Crippen molar-refractivity contribution < 1.29 is 17.4 Å². The molecule has 2 aromatic carbocycles. The molecule has 1 aliphatic rings. The molecule has 0 amide bonds. The van der Waals surface area contributed by atoms with Gasteiger partial charge in [-0.25, -0.2) is 0 Å². The van der Waals surface area contributed by atoms with Crippen molar-refractivity contribution in [2.45, 2.75) is 87.2 Å². The van der Waals surface area contributed by atoms with Crippen molar-refractivity contribution in [2.24, 2.45) is 10.8 Å². The maximum atomic E-state index is 13.5. The molecule has 0 N–H and O–H groups in total. The number of ketones is 1. The Morgan fingerprint density at radius 1 is 0.900 bits per heavy atom. The number of hydrogen-bond donors (Lipinski definition) is 0. The molecule has 0 heterocycles. The van der Waals surface area contributed by atoms with E-state index in [1.54, 1.807) is 0 Å². The second-order valence-electron chi connectivity index (χ2n) is 11.7. The molecular weight excluding hydrogens is 611 g/mol. The summed E-state index contributed by atoms with van der Waals surface area (Å²) in [6.45, 7) is 18.5. The second-order valence-corrected chi connectivity index (χ2v) is 15.5. The molecule has 0 radical (unpaired) electrons. The van der Waals surface area contributed by atoms with Gasteiger partial charge in [0.15, 0.2) is 0 Å². The van der Waals surface area contributed by atoms with E-state index in [0.717, 1.165) is 55.1 Å². The number of ether oxygens (including phenoxy) is 1. The van der Waals surface area contributed by atoms with Crippen LogP contribution in [-0.2, 0) is 9.59 Å². The van der Waals surface area contributed by atoms with Gasteiger partial charge in [0.1, 0.15) is 0 Å². The van der Waals surface area contributed by atoms with Gasteiger partial charge in [-0.3, -0.25) is 0 Å². The summed E-state index contributed by atoms with van der Waals surface area (Å²) in [7, 11) is 0. The first kappa shape index (κ1) is 31.9. The van der Waals surface area contributed by atoms with E-state index in [4.69, 9.17) is 7.80 Å². The van der Waals surface area contributed by atoms with Crippen LogP contribution in [0.5, 0.6) is 11.5 Å². The Bertz CT molecular complexity index is 1330. The number of allylic oxidation sites excluding steroid dienone is 6. The Kier molecular flexibility index (Phi) is 10.3. The Balaban J connectivity index is 1.80. The number of halogens is 1. The second kappa shape index (κ2) is 12.9. The molecule has 40 heavy (non-hydrogen) atoms. The normalized spacial score (nSPS) is 17.6. The number of hydrogen-bond acceptors (Lipinski definition) is 4. The van der Waals surface area contributed by atoms with Crippen molar-refractivity contribution in [1.82, 2.24) is 0 Å². The third-order valence-electron chi connectivity index (χ3n) is 8.27. The Labute approximate surface area is 248 Å². The summed E-state index contributed by atoms with van der Waals surface area (Å²) >= 11 is -2.65. The predicted molar refractivity (Wildman–Crippen MR) is 176 cm³/mol. The molecule has 4 nitrogen and oxygen atoms in total. The van der Waals surface area contributed by atoms with Gasteiger partial charge in [0.05, 0.1) is 0 Å². The van der Waals surface area contributed by atoms with Crippen molar-refractivity contribution in [1.29, 1.82) is 0 Å². The van der Waals surface area contributed by atoms with E-state index in [1.165, 1.54) is 0 Å². The van der Waals surface area contributed by atoms with Crippen molar-refractivity contribution >= 4 is 30.3 Å². The van der Waals surface area contributed by atoms with Crippen LogP contribution < -0.4 is 7.80 Å². The van der Waals surface area contributed by atoms with Crippen LogP contribution in [0.4, 0.5) is 0 Å². The summed E-state index contributed by atoms with van der Waals surface area (Å²) in [4.78, 5) is 25.7. The fraction of sp³-hybridized carbons (Fsp3) is 0.429. The molecule has 3 rings (SSSR count). The average Bonchev–Trinajstić information content (AvgIpc) is 3.14.